The highest BCUT2D eigenvalue weighted by Gasteiger charge is 2.48. The predicted octanol–water partition coefficient (Wildman–Crippen LogP) is 4.02. The van der Waals surface area contributed by atoms with Gasteiger partial charge in [0.05, 0.1) is 12.7 Å². The number of nitrogens with two attached hydrogens (primary N) is 1. The number of rotatable bonds is 14. The number of carboxylic acid groups (broad SMARTS) is 1. The minimum atomic E-state index is -2.01. The maximum absolute atomic E-state index is 15.2. The van der Waals surface area contributed by atoms with Gasteiger partial charge in [0.15, 0.2) is 0 Å². The number of hydrogen-bond donors (Lipinski definition) is 13. The second-order valence-electron chi connectivity index (χ2n) is 25.1. The molecule has 0 spiro atoms. The highest BCUT2D eigenvalue weighted by Crippen LogP contribution is 2.33. The molecule has 0 unspecified atom stereocenters. The fraction of sp³-hybridized carbons (Fsp3) is 0.414. The summed E-state index contributed by atoms with van der Waals surface area (Å²) in [4.78, 5) is 156. The van der Waals surface area contributed by atoms with Crippen molar-refractivity contribution in [2.24, 2.45) is 5.73 Å². The van der Waals surface area contributed by atoms with Crippen molar-refractivity contribution in [1.29, 1.82) is 0 Å². The van der Waals surface area contributed by atoms with E-state index in [0.29, 0.717) is 88.7 Å². The molecule has 4 heterocycles. The molecule has 4 aromatic carbocycles. The Hall–Kier alpha value is -9.61. The zero-order valence-electron chi connectivity index (χ0n) is 54.9. The fourth-order valence-corrected chi connectivity index (χ4v) is 14.0. The van der Waals surface area contributed by atoms with Crippen molar-refractivity contribution in [3.05, 3.63) is 160 Å². The highest BCUT2D eigenvalue weighted by atomic mass is 32.2. The number of phenols is 1. The lowest BCUT2D eigenvalue weighted by Gasteiger charge is -2.36. The molecule has 99 heavy (non-hydrogen) atoms. The second-order valence-corrected chi connectivity index (χ2v) is 27.3. The minimum absolute atomic E-state index is 0.0565. The number of hydrogen-bond acceptors (Lipinski definition) is 15. The van der Waals surface area contributed by atoms with E-state index >= 15 is 14.4 Å². The van der Waals surface area contributed by atoms with Crippen LogP contribution in [0.3, 0.4) is 0 Å². The van der Waals surface area contributed by atoms with Crippen LogP contribution in [-0.2, 0) is 85.1 Å². The van der Waals surface area contributed by atoms with Gasteiger partial charge in [0.1, 0.15) is 65.2 Å². The largest absolute Gasteiger partial charge is 0.508 e. The normalized spacial score (nSPS) is 23.4. The number of amides is 9. The minimum Gasteiger partial charge on any atom is -0.508 e. The first-order valence-electron chi connectivity index (χ1n) is 32.9. The van der Waals surface area contributed by atoms with Crippen LogP contribution in [0.25, 0.3) is 16.5 Å². The summed E-state index contributed by atoms with van der Waals surface area (Å²) in [7, 11) is 0. The number of nitrogens with one attached hydrogen (secondary N) is 10. The summed E-state index contributed by atoms with van der Waals surface area (Å²) < 4.78 is 29.9. The molecule has 29 heteroatoms. The molecule has 6 aromatic rings. The van der Waals surface area contributed by atoms with E-state index in [1.54, 1.807) is 43.0 Å². The zero-order chi connectivity index (χ0) is 70.8. The van der Waals surface area contributed by atoms with Crippen molar-refractivity contribution in [1.82, 2.24) is 62.4 Å². The van der Waals surface area contributed by atoms with E-state index in [-0.39, 0.29) is 68.3 Å². The molecule has 2 aliphatic heterocycles. The first-order valence-corrected chi connectivity index (χ1v) is 35.2. The molecule has 526 valence electrons. The number of aromatic nitrogens is 3. The molecule has 0 saturated carbocycles. The van der Waals surface area contributed by atoms with Crippen molar-refractivity contribution in [2.75, 3.05) is 31.1 Å². The molecule has 0 radical (unpaired) electrons. The number of carboxylic acids is 1. The lowest BCUT2D eigenvalue weighted by Crippen LogP contribution is -2.62. The van der Waals surface area contributed by atoms with Gasteiger partial charge in [-0.3, -0.25) is 47.9 Å². The Kier molecular flexibility index (Phi) is 25.8. The molecular weight excluding hydrogens is 1320 g/mol. The number of allylic oxidation sites excluding steroid dienone is 1. The van der Waals surface area contributed by atoms with E-state index < -0.39 is 131 Å². The van der Waals surface area contributed by atoms with Gasteiger partial charge in [-0.15, -0.1) is 0 Å². The number of phenolic OH excluding ortho intramolecular Hbond substituents is 1. The van der Waals surface area contributed by atoms with Crippen LogP contribution in [-0.4, -0.2) is 168 Å². The van der Waals surface area contributed by atoms with Crippen molar-refractivity contribution in [3.8, 4) is 5.75 Å². The molecule has 14 N–H and O–H groups in total. The molecular formula is C70H83F2N13O12S2. The predicted molar refractivity (Wildman–Crippen MR) is 369 cm³/mol. The monoisotopic (exact) mass is 1400 g/mol. The summed E-state index contributed by atoms with van der Waals surface area (Å²) >= 11 is 3.11. The number of thioether (sulfide) groups is 2. The zero-order valence-corrected chi connectivity index (χ0v) is 56.5. The Balaban J connectivity index is 1.05. The number of carbonyl (C=O) groups is 10. The van der Waals surface area contributed by atoms with E-state index in [0.717, 1.165) is 11.1 Å². The van der Waals surface area contributed by atoms with Crippen molar-refractivity contribution in [2.45, 2.75) is 150 Å². The number of benzene rings is 4. The fourth-order valence-electron chi connectivity index (χ4n) is 12.3. The smallest absolute Gasteiger partial charge is 0.305 e. The van der Waals surface area contributed by atoms with Gasteiger partial charge in [-0.1, -0.05) is 48.5 Å². The molecule has 1 saturated heterocycles. The Morgan fingerprint density at radius 3 is 2.05 bits per heavy atom. The van der Waals surface area contributed by atoms with E-state index in [1.165, 1.54) is 84.8 Å². The molecule has 2 bridgehead atoms. The molecule has 9 amide bonds. The quantitative estimate of drug-likeness (QED) is 0.0685. The summed E-state index contributed by atoms with van der Waals surface area (Å²) in [6, 6.07) is 11.0. The number of halogens is 2. The Labute approximate surface area is 579 Å². The number of imidazole rings is 1. The van der Waals surface area contributed by atoms with Crippen LogP contribution in [0.2, 0.25) is 0 Å². The Morgan fingerprint density at radius 1 is 0.697 bits per heavy atom. The first-order chi connectivity index (χ1) is 47.5. The first kappa shape index (κ1) is 73.6. The van der Waals surface area contributed by atoms with Gasteiger partial charge in [0.2, 0.25) is 53.2 Å². The number of unbranched alkanes of at least 4 members (excludes halogenated alkanes) is 1. The van der Waals surface area contributed by atoms with E-state index in [2.05, 4.69) is 63.6 Å². The number of aliphatic carboxylic acids is 1. The van der Waals surface area contributed by atoms with Gasteiger partial charge < -0.3 is 73.3 Å². The van der Waals surface area contributed by atoms with Crippen LogP contribution in [0, 0.1) is 11.6 Å². The Morgan fingerprint density at radius 2 is 1.34 bits per heavy atom. The number of fused-ring (bicyclic) bond motifs is 5. The van der Waals surface area contributed by atoms with E-state index in [9.17, 15) is 52.6 Å². The molecule has 1 fully saturated rings. The SMILES string of the molecule is C[C@H]1NC(=O)[C@H](CCCCN)NC(=O)CCSCc2cccc(c2)CSCCNC(=O)[C@]2(C)CCCN2C(=O)[C@H](Cc2ccc(O)cc2)NC(=O)[C@H](Cc2cnc[nH]2)NC(=O)[C@H](CC(=O)O)NC(=O)[C@H](Cc2c[nH]c3ccc(F)cc23)NC(=O)[C@H](CC2=CCc3ccc(F)cc32)NC1=O. The van der Waals surface area contributed by atoms with E-state index in [1.807, 2.05) is 18.2 Å². The average Bonchev–Trinajstić information content (AvgIpc) is 1.68. The van der Waals surface area contributed by atoms with Crippen LogP contribution in [0.1, 0.15) is 104 Å². The molecule has 8 atom stereocenters. The third kappa shape index (κ3) is 20.3. The lowest BCUT2D eigenvalue weighted by molar-refractivity contribution is -0.146. The van der Waals surface area contributed by atoms with Crippen LogP contribution >= 0.6 is 23.5 Å². The summed E-state index contributed by atoms with van der Waals surface area (Å²) in [5, 5.41) is 42.5. The lowest BCUT2D eigenvalue weighted by atomic mass is 9.95. The highest BCUT2D eigenvalue weighted by molar-refractivity contribution is 7.98. The Bertz CT molecular complexity index is 3950. The number of nitrogens with zero attached hydrogens (tertiary/aromatic N) is 2. The van der Waals surface area contributed by atoms with Crippen molar-refractivity contribution in [3.63, 3.8) is 0 Å². The molecule has 2 aromatic heterocycles. The van der Waals surface area contributed by atoms with Gasteiger partial charge in [0, 0.05) is 97.2 Å². The van der Waals surface area contributed by atoms with Crippen molar-refractivity contribution < 1.29 is 66.9 Å². The number of aromatic amines is 2. The maximum atomic E-state index is 15.2. The van der Waals surface area contributed by atoms with Gasteiger partial charge in [-0.25, -0.2) is 13.8 Å². The molecule has 3 aliphatic rings. The van der Waals surface area contributed by atoms with Crippen LogP contribution < -0.4 is 48.3 Å². The maximum Gasteiger partial charge on any atom is 0.305 e. The van der Waals surface area contributed by atoms with Gasteiger partial charge >= 0.3 is 5.97 Å². The van der Waals surface area contributed by atoms with Crippen LogP contribution in [0.4, 0.5) is 8.78 Å². The molecule has 9 rings (SSSR count). The number of H-pyrrole nitrogens is 2. The van der Waals surface area contributed by atoms with Gasteiger partial charge in [0.25, 0.3) is 0 Å². The second kappa shape index (κ2) is 34.7. The number of carbonyl (C=O) groups excluding carboxylic acids is 9. The van der Waals surface area contributed by atoms with Crippen LogP contribution in [0.5, 0.6) is 5.75 Å². The third-order valence-corrected chi connectivity index (χ3v) is 19.8. The summed E-state index contributed by atoms with van der Waals surface area (Å²) in [6.45, 7) is 3.73. The standard InChI is InChI=1S/C70H83F2N13O12S2/c1-40-62(90)80-55(29-45-13-12-44-14-15-47(71)31-51(44)45)64(92)81-56(30-46-35-76-53-19-16-48(72)32-52(46)53)65(93)83-58(34-61(88)89)67(95)82-57(33-49-36-74-39-77-49)66(94)84-59(28-41-10-17-50(86)18-11-41)68(96)85-24-6-21-70(85,2)69(97)75-23-26-99-38-43-8-5-7-42(27-43)37-98-25-20-60(87)79-54(63(91)78-40)9-3-4-22-73/h5,7-8,10-11,13-19,27,31-32,35-36,39-40,54-59,76,86H,3-4,6,9,12,20-26,28-30,33-34,37-38,73H2,1-2H3,(H,74,77)(H,75,97)(H,78,91)(H,79,87)(H,80,90)(H,81,92)(H,82,95)(H,83,93)(H,84,94)(H,88,89)/t40-,54+,55+,56+,57+,58+,59+,70+/m1/s1. The third-order valence-electron chi connectivity index (χ3n) is 17.7. The summed E-state index contributed by atoms with van der Waals surface area (Å²) in [5.41, 5.74) is 9.56. The topological polar surface area (TPSA) is 381 Å². The van der Waals surface area contributed by atoms with E-state index in [4.69, 9.17) is 5.73 Å². The number of aromatic hydroxyl groups is 1. The van der Waals surface area contributed by atoms with Gasteiger partial charge in [-0.05, 0) is 140 Å². The summed E-state index contributed by atoms with van der Waals surface area (Å²) in [5.74, 6) is -8.16. The van der Waals surface area contributed by atoms with Crippen LogP contribution in [0.15, 0.2) is 110 Å². The summed E-state index contributed by atoms with van der Waals surface area (Å²) in [6.07, 6.45) is 5.80. The van der Waals surface area contributed by atoms with Crippen molar-refractivity contribution >= 4 is 99.1 Å². The average molecular weight is 1400 g/mol. The molecule has 1 aliphatic carbocycles. The molecule has 25 nitrogen and oxygen atoms in total. The van der Waals surface area contributed by atoms with Gasteiger partial charge in [-0.2, -0.15) is 23.5 Å².